The highest BCUT2D eigenvalue weighted by Crippen LogP contribution is 2.32. The molecule has 0 saturated heterocycles. The summed E-state index contributed by atoms with van der Waals surface area (Å²) in [5, 5.41) is 28.0. The number of para-hydroxylation sites is 1. The zero-order valence-corrected chi connectivity index (χ0v) is 22.3. The molecule has 1 aromatic heterocycles. The molecule has 0 unspecified atom stereocenters. The van der Waals surface area contributed by atoms with Crippen molar-refractivity contribution in [3.8, 4) is 0 Å². The fraction of sp³-hybridized carbons (Fsp3) is 0.667. The molecule has 8 heteroatoms. The summed E-state index contributed by atoms with van der Waals surface area (Å²) in [4.78, 5) is 14.5. The zero-order valence-electron chi connectivity index (χ0n) is 22.3. The van der Waals surface area contributed by atoms with Crippen molar-refractivity contribution in [2.75, 3.05) is 5.32 Å². The molecule has 2 N–H and O–H groups in total. The van der Waals surface area contributed by atoms with Crippen molar-refractivity contribution in [3.63, 3.8) is 0 Å². The number of nitrogens with one attached hydrogen (secondary N) is 1. The number of hydrogen-bond donors (Lipinski definition) is 2. The average molecular weight is 485 g/mol. The van der Waals surface area contributed by atoms with Gasteiger partial charge in [0.25, 0.3) is 5.91 Å². The van der Waals surface area contributed by atoms with Gasteiger partial charge in [-0.15, -0.1) is 10.2 Å². The number of oxime groups is 1. The Morgan fingerprint density at radius 3 is 2.00 bits per heavy atom. The van der Waals surface area contributed by atoms with Gasteiger partial charge in [-0.05, 0) is 34.6 Å². The Labute approximate surface area is 210 Å². The van der Waals surface area contributed by atoms with Gasteiger partial charge in [0.2, 0.25) is 11.5 Å². The van der Waals surface area contributed by atoms with E-state index in [0.29, 0.717) is 6.54 Å². The van der Waals surface area contributed by atoms with E-state index in [-0.39, 0.29) is 23.4 Å². The predicted octanol–water partition coefficient (Wildman–Crippen LogP) is 6.66. The van der Waals surface area contributed by atoms with Crippen LogP contribution in [0.5, 0.6) is 0 Å². The molecule has 1 aromatic carbocycles. The molecule has 8 nitrogen and oxygen atoms in total. The largest absolute Gasteiger partial charge is 0.410 e. The van der Waals surface area contributed by atoms with Gasteiger partial charge in [-0.3, -0.25) is 4.79 Å². The van der Waals surface area contributed by atoms with Crippen LogP contribution in [0.25, 0.3) is 0 Å². The molecular formula is C27H44N6O2. The summed E-state index contributed by atoms with van der Waals surface area (Å²) >= 11 is 0. The van der Waals surface area contributed by atoms with Gasteiger partial charge in [0.15, 0.2) is 0 Å². The molecule has 1 heterocycles. The van der Waals surface area contributed by atoms with Crippen LogP contribution < -0.4 is 5.32 Å². The summed E-state index contributed by atoms with van der Waals surface area (Å²) < 4.78 is 0. The first kappa shape index (κ1) is 28.5. The lowest BCUT2D eigenvalue weighted by Gasteiger charge is -2.20. The minimum Gasteiger partial charge on any atom is -0.410 e. The van der Waals surface area contributed by atoms with E-state index in [4.69, 9.17) is 0 Å². The lowest BCUT2D eigenvalue weighted by atomic mass is 9.92. The highest BCUT2D eigenvalue weighted by atomic mass is 16.4. The van der Waals surface area contributed by atoms with Crippen LogP contribution in [-0.2, 0) is 11.3 Å². The van der Waals surface area contributed by atoms with E-state index in [0.717, 1.165) is 29.7 Å². The number of amides is 1. The Hall–Kier alpha value is -2.77. The van der Waals surface area contributed by atoms with Crippen molar-refractivity contribution >= 4 is 17.3 Å². The average Bonchev–Trinajstić information content (AvgIpc) is 3.29. The molecule has 2 aromatic rings. The van der Waals surface area contributed by atoms with E-state index in [9.17, 15) is 10.0 Å². The number of rotatable bonds is 16. The third kappa shape index (κ3) is 9.07. The topological polar surface area (TPSA) is 105 Å². The summed E-state index contributed by atoms with van der Waals surface area (Å²) in [7, 11) is 0. The van der Waals surface area contributed by atoms with E-state index in [1.54, 1.807) is 0 Å². The number of carbonyl (C=O) groups excluding carboxylic acids is 1. The van der Waals surface area contributed by atoms with Gasteiger partial charge in [-0.25, -0.2) is 0 Å². The van der Waals surface area contributed by atoms with E-state index in [1.807, 2.05) is 18.2 Å². The fourth-order valence-corrected chi connectivity index (χ4v) is 4.23. The van der Waals surface area contributed by atoms with Crippen LogP contribution in [0.1, 0.15) is 128 Å². The molecule has 0 radical (unpaired) electrons. The van der Waals surface area contributed by atoms with Gasteiger partial charge in [0, 0.05) is 5.69 Å². The van der Waals surface area contributed by atoms with Gasteiger partial charge in [0.05, 0.1) is 6.54 Å². The van der Waals surface area contributed by atoms with Crippen LogP contribution in [0.15, 0.2) is 23.4 Å². The Balaban J connectivity index is 1.89. The molecule has 0 fully saturated rings. The molecule has 0 aliphatic rings. The molecule has 0 bridgehead atoms. The summed E-state index contributed by atoms with van der Waals surface area (Å²) in [6.45, 7) is 11.2. The first-order valence-electron chi connectivity index (χ1n) is 13.3. The number of anilines is 1. The van der Waals surface area contributed by atoms with Crippen molar-refractivity contribution in [1.82, 2.24) is 20.2 Å². The third-order valence-corrected chi connectivity index (χ3v) is 6.30. The number of tetrazole rings is 1. The second-order valence-corrected chi connectivity index (χ2v) is 9.91. The lowest BCUT2D eigenvalue weighted by molar-refractivity contribution is -0.110. The molecule has 2 rings (SSSR count). The molecule has 1 amide bonds. The van der Waals surface area contributed by atoms with Gasteiger partial charge < -0.3 is 10.5 Å². The van der Waals surface area contributed by atoms with Crippen LogP contribution >= 0.6 is 0 Å². The van der Waals surface area contributed by atoms with E-state index in [1.165, 1.54) is 56.2 Å². The maximum Gasteiger partial charge on any atom is 0.281 e. The fourth-order valence-electron chi connectivity index (χ4n) is 4.23. The van der Waals surface area contributed by atoms with Gasteiger partial charge in [0.1, 0.15) is 0 Å². The molecule has 0 saturated carbocycles. The number of benzene rings is 1. The Morgan fingerprint density at radius 2 is 1.49 bits per heavy atom. The molecule has 0 aliphatic heterocycles. The Morgan fingerprint density at radius 1 is 0.943 bits per heavy atom. The van der Waals surface area contributed by atoms with Gasteiger partial charge >= 0.3 is 0 Å². The van der Waals surface area contributed by atoms with E-state index >= 15 is 0 Å². The highest BCUT2D eigenvalue weighted by Gasteiger charge is 2.23. The van der Waals surface area contributed by atoms with Crippen LogP contribution in [-0.4, -0.2) is 37.0 Å². The first-order chi connectivity index (χ1) is 16.9. The van der Waals surface area contributed by atoms with Crippen molar-refractivity contribution in [1.29, 1.82) is 0 Å². The number of nitrogens with zero attached hydrogens (tertiary/aromatic N) is 5. The summed E-state index contributed by atoms with van der Waals surface area (Å²) in [5.41, 5.74) is 2.56. The smallest absolute Gasteiger partial charge is 0.281 e. The Kier molecular flexibility index (Phi) is 12.4. The molecule has 194 valence electrons. The normalized spacial score (nSPS) is 12.0. The second-order valence-electron chi connectivity index (χ2n) is 9.91. The number of aromatic nitrogens is 4. The summed E-state index contributed by atoms with van der Waals surface area (Å²) in [6.07, 6.45) is 12.5. The Bertz CT molecular complexity index is 909. The number of unbranched alkanes of at least 4 members (excludes halogenated alkanes) is 9. The second kappa shape index (κ2) is 15.3. The zero-order chi connectivity index (χ0) is 25.6. The number of hydrogen-bond acceptors (Lipinski definition) is 6. The van der Waals surface area contributed by atoms with Crippen LogP contribution in [0.3, 0.4) is 0 Å². The van der Waals surface area contributed by atoms with Crippen LogP contribution in [0.4, 0.5) is 5.69 Å². The minimum absolute atomic E-state index is 0.0187. The molecule has 0 aliphatic carbocycles. The highest BCUT2D eigenvalue weighted by molar-refractivity contribution is 6.47. The number of aryl methyl sites for hydroxylation is 1. The van der Waals surface area contributed by atoms with Gasteiger partial charge in [-0.1, -0.05) is 116 Å². The third-order valence-electron chi connectivity index (χ3n) is 6.30. The standard InChI is InChI=1S/C27H44N6O2/c1-6-7-8-9-10-11-12-13-14-15-19-33-30-26(29-32-33)25(31-35)27(34)28-24-22(20(2)3)17-16-18-23(24)21(4)5/h16-18,20-21,35H,6-15,19H2,1-5H3,(H,28,34). The van der Waals surface area contributed by atoms with Crippen LogP contribution in [0.2, 0.25) is 0 Å². The monoisotopic (exact) mass is 484 g/mol. The summed E-state index contributed by atoms with van der Waals surface area (Å²) in [6, 6.07) is 6.01. The van der Waals surface area contributed by atoms with Gasteiger partial charge in [-0.2, -0.15) is 4.80 Å². The van der Waals surface area contributed by atoms with Crippen molar-refractivity contribution in [2.45, 2.75) is 117 Å². The first-order valence-corrected chi connectivity index (χ1v) is 13.3. The van der Waals surface area contributed by atoms with Crippen molar-refractivity contribution in [3.05, 3.63) is 35.2 Å². The minimum atomic E-state index is -0.555. The maximum atomic E-state index is 13.0. The molecule has 0 spiro atoms. The van der Waals surface area contributed by atoms with E-state index < -0.39 is 5.91 Å². The molecule has 0 atom stereocenters. The quantitative estimate of drug-likeness (QED) is 0.120. The molecular weight excluding hydrogens is 440 g/mol. The SMILES string of the molecule is CCCCCCCCCCCCn1nnc(C(=NO)C(=O)Nc2c(C(C)C)cccc2C(C)C)n1. The van der Waals surface area contributed by atoms with E-state index in [2.05, 4.69) is 60.5 Å². The summed E-state index contributed by atoms with van der Waals surface area (Å²) in [5.74, 6) is -0.0941. The van der Waals surface area contributed by atoms with Crippen molar-refractivity contribution in [2.24, 2.45) is 5.16 Å². The van der Waals surface area contributed by atoms with Crippen LogP contribution in [0, 0.1) is 0 Å². The maximum absolute atomic E-state index is 13.0. The molecule has 35 heavy (non-hydrogen) atoms. The predicted molar refractivity (Wildman–Crippen MR) is 141 cm³/mol. The number of carbonyl (C=O) groups is 1. The lowest BCUT2D eigenvalue weighted by Crippen LogP contribution is -2.26. The van der Waals surface area contributed by atoms with Crippen molar-refractivity contribution < 1.29 is 10.0 Å².